The maximum Gasteiger partial charge on any atom is 0.472 e. The molecule has 90 heavy (non-hydrogen) atoms. The Morgan fingerprint density at radius 1 is 0.367 bits per heavy atom. The van der Waals surface area contributed by atoms with Gasteiger partial charge in [0.2, 0.25) is 0 Å². The third-order valence-electron chi connectivity index (χ3n) is 16.5. The van der Waals surface area contributed by atoms with Gasteiger partial charge >= 0.3 is 39.5 Å². The number of carbonyl (C=O) groups is 4. The number of hydrogen-bond acceptors (Lipinski definition) is 15. The first-order chi connectivity index (χ1) is 43.3. The van der Waals surface area contributed by atoms with Gasteiger partial charge in [0.25, 0.3) is 0 Å². The molecular formula is C71H134O17P2. The number of unbranched alkanes of at least 4 members (excludes halogenated alkanes) is 30. The fourth-order valence-electron chi connectivity index (χ4n) is 10.1. The minimum atomic E-state index is -4.96. The molecule has 0 aromatic rings. The summed E-state index contributed by atoms with van der Waals surface area (Å²) in [6, 6.07) is 0. The van der Waals surface area contributed by atoms with E-state index in [1.807, 2.05) is 0 Å². The number of esters is 4. The quantitative estimate of drug-likeness (QED) is 0.0169. The minimum Gasteiger partial charge on any atom is -0.462 e. The van der Waals surface area contributed by atoms with Gasteiger partial charge in [0.15, 0.2) is 12.2 Å². The summed E-state index contributed by atoms with van der Waals surface area (Å²) in [5.41, 5.74) is 0. The molecule has 0 rings (SSSR count). The lowest BCUT2D eigenvalue weighted by molar-refractivity contribution is -0.161. The highest BCUT2D eigenvalue weighted by atomic mass is 31.2. The predicted octanol–water partition coefficient (Wildman–Crippen LogP) is 19.8. The lowest BCUT2D eigenvalue weighted by atomic mass is 10.00. The Balaban J connectivity index is 5.29. The van der Waals surface area contributed by atoms with E-state index >= 15 is 0 Å². The van der Waals surface area contributed by atoms with Crippen molar-refractivity contribution in [1.29, 1.82) is 0 Å². The summed E-state index contributed by atoms with van der Waals surface area (Å²) < 4.78 is 68.2. The molecule has 0 aliphatic heterocycles. The SMILES string of the molecule is CCCCCC/C=C\C=C/CCCCCCCC(=O)O[C@H](COC(=O)CCCCCCCCCCCCCCC(C)C)COP(=O)(O)OC[C@@H](O)COP(=O)(O)OC[C@@H](COC(=O)CCCCCCCCC(C)CC)OC(=O)CCCCCCCCC(C)CC. The highest BCUT2D eigenvalue weighted by Gasteiger charge is 2.30. The first-order valence-corrected chi connectivity index (χ1v) is 39.2. The molecule has 19 heteroatoms. The molecule has 0 heterocycles. The number of rotatable bonds is 67. The van der Waals surface area contributed by atoms with Crippen LogP contribution in [0.1, 0.15) is 331 Å². The van der Waals surface area contributed by atoms with Crippen LogP contribution in [0.4, 0.5) is 0 Å². The van der Waals surface area contributed by atoms with Crippen molar-refractivity contribution in [2.24, 2.45) is 17.8 Å². The normalized spacial score (nSPS) is 15.0. The third-order valence-corrected chi connectivity index (χ3v) is 18.4. The van der Waals surface area contributed by atoms with Crippen LogP contribution in [0.15, 0.2) is 24.3 Å². The standard InChI is InChI=1S/C71H134O17P2/c1-8-11-12-13-14-15-16-17-18-19-24-27-30-40-47-54-70(75)87-66(58-81-68(73)52-45-38-29-26-23-21-20-22-25-28-35-42-49-62(4)5)60-85-89(77,78)83-56-65(72)57-84-90(79,80)86-61-67(88-71(76)55-48-41-34-32-37-44-51-64(7)10-3)59-82-69(74)53-46-39-33-31-36-43-50-63(6)9-2/h15-18,62-67,72H,8-14,19-61H2,1-7H3,(H,77,78)(H,79,80)/b16-15-,18-17-/t63?,64?,65-,66-,67-/m1/s1. The molecule has 3 N–H and O–H groups in total. The summed E-state index contributed by atoms with van der Waals surface area (Å²) in [5, 5.41) is 10.6. The third kappa shape index (κ3) is 61.7. The van der Waals surface area contributed by atoms with Gasteiger partial charge in [-0.1, -0.05) is 278 Å². The molecule has 0 radical (unpaired) electrons. The molecule has 0 aromatic carbocycles. The van der Waals surface area contributed by atoms with Crippen molar-refractivity contribution < 1.29 is 80.2 Å². The average Bonchev–Trinajstić information content (AvgIpc) is 3.73. The number of phosphoric acid groups is 2. The topological polar surface area (TPSA) is 237 Å². The summed E-state index contributed by atoms with van der Waals surface area (Å²) in [7, 11) is -9.92. The van der Waals surface area contributed by atoms with Crippen LogP contribution in [0.25, 0.3) is 0 Å². The number of aliphatic hydroxyl groups is 1. The number of allylic oxidation sites excluding steroid dienone is 4. The van der Waals surface area contributed by atoms with Crippen LogP contribution in [-0.4, -0.2) is 96.7 Å². The lowest BCUT2D eigenvalue weighted by Crippen LogP contribution is -2.30. The second-order valence-electron chi connectivity index (χ2n) is 25.9. The Bertz CT molecular complexity index is 1860. The van der Waals surface area contributed by atoms with E-state index in [1.54, 1.807) is 0 Å². The first kappa shape index (κ1) is 87.5. The number of carbonyl (C=O) groups excluding carboxylic acids is 4. The summed E-state index contributed by atoms with van der Waals surface area (Å²) >= 11 is 0. The smallest absolute Gasteiger partial charge is 0.462 e. The lowest BCUT2D eigenvalue weighted by Gasteiger charge is -2.21. The molecule has 0 saturated heterocycles. The largest absolute Gasteiger partial charge is 0.472 e. The van der Waals surface area contributed by atoms with Crippen molar-refractivity contribution in [3.8, 4) is 0 Å². The van der Waals surface area contributed by atoms with Crippen LogP contribution in [0.2, 0.25) is 0 Å². The fourth-order valence-corrected chi connectivity index (χ4v) is 11.7. The predicted molar refractivity (Wildman–Crippen MR) is 363 cm³/mol. The molecular weight excluding hydrogens is 1190 g/mol. The first-order valence-electron chi connectivity index (χ1n) is 36.2. The van der Waals surface area contributed by atoms with Crippen LogP contribution in [0.3, 0.4) is 0 Å². The Hall–Kier alpha value is -2.46. The molecule has 0 bridgehead atoms. The van der Waals surface area contributed by atoms with Crippen LogP contribution >= 0.6 is 15.6 Å². The van der Waals surface area contributed by atoms with Crippen molar-refractivity contribution >= 4 is 39.5 Å². The molecule has 17 nitrogen and oxygen atoms in total. The monoisotopic (exact) mass is 1320 g/mol. The maximum absolute atomic E-state index is 13.0. The number of aliphatic hydroxyl groups excluding tert-OH is 1. The van der Waals surface area contributed by atoms with Gasteiger partial charge in [-0.15, -0.1) is 0 Å². The van der Waals surface area contributed by atoms with E-state index in [4.69, 9.17) is 37.0 Å². The van der Waals surface area contributed by atoms with Crippen molar-refractivity contribution in [3.05, 3.63) is 24.3 Å². The summed E-state index contributed by atoms with van der Waals surface area (Å²) in [4.78, 5) is 72.5. The second-order valence-corrected chi connectivity index (χ2v) is 28.8. The van der Waals surface area contributed by atoms with E-state index in [0.717, 1.165) is 127 Å². The molecule has 0 spiro atoms. The molecule has 530 valence electrons. The Labute approximate surface area is 548 Å². The van der Waals surface area contributed by atoms with E-state index in [-0.39, 0.29) is 25.7 Å². The zero-order chi connectivity index (χ0) is 66.6. The van der Waals surface area contributed by atoms with Gasteiger partial charge in [-0.25, -0.2) is 9.13 Å². The zero-order valence-corrected chi connectivity index (χ0v) is 59.9. The highest BCUT2D eigenvalue weighted by Crippen LogP contribution is 2.45. The van der Waals surface area contributed by atoms with Crippen LogP contribution in [0, 0.1) is 17.8 Å². The molecule has 0 aromatic heterocycles. The molecule has 0 aliphatic carbocycles. The van der Waals surface area contributed by atoms with Crippen LogP contribution in [0.5, 0.6) is 0 Å². The number of phosphoric ester groups is 2. The second kappa shape index (κ2) is 61.4. The van der Waals surface area contributed by atoms with E-state index in [0.29, 0.717) is 25.7 Å². The van der Waals surface area contributed by atoms with Crippen molar-refractivity contribution in [3.63, 3.8) is 0 Å². The fraction of sp³-hybridized carbons (Fsp3) is 0.887. The van der Waals surface area contributed by atoms with Gasteiger partial charge in [0, 0.05) is 25.7 Å². The van der Waals surface area contributed by atoms with Crippen LogP contribution in [-0.2, 0) is 65.4 Å². The molecule has 4 unspecified atom stereocenters. The molecule has 0 aliphatic rings. The van der Waals surface area contributed by atoms with Crippen molar-refractivity contribution in [2.45, 2.75) is 349 Å². The van der Waals surface area contributed by atoms with Crippen molar-refractivity contribution in [2.75, 3.05) is 39.6 Å². The van der Waals surface area contributed by atoms with Gasteiger partial charge in [-0.05, 0) is 69.1 Å². The Kier molecular flexibility index (Phi) is 59.7. The molecule has 0 saturated carbocycles. The summed E-state index contributed by atoms with van der Waals surface area (Å²) in [6.45, 7) is 11.7. The van der Waals surface area contributed by atoms with Gasteiger partial charge in [0.05, 0.1) is 26.4 Å². The molecule has 0 fully saturated rings. The Morgan fingerprint density at radius 2 is 0.656 bits per heavy atom. The van der Waals surface area contributed by atoms with E-state index in [1.165, 1.54) is 122 Å². The van der Waals surface area contributed by atoms with Crippen molar-refractivity contribution in [1.82, 2.24) is 0 Å². The van der Waals surface area contributed by atoms with E-state index < -0.39 is 97.5 Å². The Morgan fingerprint density at radius 3 is 0.989 bits per heavy atom. The highest BCUT2D eigenvalue weighted by molar-refractivity contribution is 7.47. The summed E-state index contributed by atoms with van der Waals surface area (Å²) in [5.74, 6) is 0.0673. The number of hydrogen-bond donors (Lipinski definition) is 3. The zero-order valence-electron chi connectivity index (χ0n) is 58.1. The average molecular weight is 1320 g/mol. The van der Waals surface area contributed by atoms with Gasteiger partial charge in [-0.2, -0.15) is 0 Å². The van der Waals surface area contributed by atoms with E-state index in [9.17, 15) is 43.2 Å². The van der Waals surface area contributed by atoms with Gasteiger partial charge < -0.3 is 33.8 Å². The van der Waals surface area contributed by atoms with E-state index in [2.05, 4.69) is 72.8 Å². The number of ether oxygens (including phenoxy) is 4. The minimum absolute atomic E-state index is 0.0844. The summed E-state index contributed by atoms with van der Waals surface area (Å²) in [6.07, 6.45) is 48.1. The molecule has 7 atom stereocenters. The van der Waals surface area contributed by atoms with Gasteiger partial charge in [0.1, 0.15) is 19.3 Å². The van der Waals surface area contributed by atoms with Crippen LogP contribution < -0.4 is 0 Å². The maximum atomic E-state index is 13.0. The van der Waals surface area contributed by atoms with Gasteiger partial charge in [-0.3, -0.25) is 37.3 Å². The molecule has 0 amide bonds.